The molecular weight excluding hydrogens is 332 g/mol. The van der Waals surface area contributed by atoms with Gasteiger partial charge >= 0.3 is 0 Å². The number of amides is 2. The van der Waals surface area contributed by atoms with E-state index < -0.39 is 0 Å². The lowest BCUT2D eigenvalue weighted by atomic mass is 10.0. The van der Waals surface area contributed by atoms with E-state index in [1.807, 2.05) is 41.5 Å². The molecule has 1 N–H and O–H groups in total. The molecule has 0 aromatic carbocycles. The van der Waals surface area contributed by atoms with Crippen LogP contribution < -0.4 is 5.32 Å². The van der Waals surface area contributed by atoms with Crippen molar-refractivity contribution in [2.45, 2.75) is 59.9 Å². The molecule has 0 bridgehead atoms. The fourth-order valence-corrected chi connectivity index (χ4v) is 2.71. The van der Waals surface area contributed by atoms with Crippen LogP contribution in [0.25, 0.3) is 11.1 Å². The fourth-order valence-electron chi connectivity index (χ4n) is 2.71. The zero-order valence-electron chi connectivity index (χ0n) is 16.6. The van der Waals surface area contributed by atoms with Gasteiger partial charge in [-0.3, -0.25) is 9.59 Å². The quantitative estimate of drug-likeness (QED) is 0.885. The maximum absolute atomic E-state index is 13.2. The van der Waals surface area contributed by atoms with Crippen LogP contribution in [0.3, 0.4) is 0 Å². The number of nitrogens with one attached hydrogen (secondary N) is 1. The fraction of sp³-hybridized carbons (Fsp3) is 0.579. The number of fused-ring (bicyclic) bond motifs is 1. The number of hydrogen-bond donors (Lipinski definition) is 1. The van der Waals surface area contributed by atoms with Gasteiger partial charge in [-0.25, -0.2) is 4.98 Å². The van der Waals surface area contributed by atoms with Crippen molar-refractivity contribution in [1.29, 1.82) is 0 Å². The van der Waals surface area contributed by atoms with Gasteiger partial charge in [0.05, 0.1) is 23.2 Å². The van der Waals surface area contributed by atoms with Gasteiger partial charge < -0.3 is 14.7 Å². The van der Waals surface area contributed by atoms with Crippen LogP contribution >= 0.6 is 0 Å². The lowest BCUT2D eigenvalue weighted by Crippen LogP contribution is -2.47. The highest BCUT2D eigenvalue weighted by atomic mass is 16.5. The van der Waals surface area contributed by atoms with Crippen LogP contribution in [-0.2, 0) is 4.79 Å². The largest absolute Gasteiger partial charge is 0.350 e. The predicted octanol–water partition coefficient (Wildman–Crippen LogP) is 3.03. The molecule has 0 saturated heterocycles. The molecule has 0 aliphatic carbocycles. The number of rotatable bonds is 5. The standard InChI is InChI=1S/C19H28N4O3/c1-8-23(10-15(24)21-19(5,6)7)18(25)13-9-14(11(2)3)20-17-16(13)12(4)22-26-17/h9,11H,8,10H2,1-7H3,(H,21,24). The minimum absolute atomic E-state index is 0.00222. The average Bonchev–Trinajstić information content (AvgIpc) is 2.90. The molecule has 0 fully saturated rings. The predicted molar refractivity (Wildman–Crippen MR) is 100 cm³/mol. The van der Waals surface area contributed by atoms with Gasteiger partial charge in [0.2, 0.25) is 5.91 Å². The van der Waals surface area contributed by atoms with Crippen LogP contribution in [0.2, 0.25) is 0 Å². The molecule has 0 spiro atoms. The highest BCUT2D eigenvalue weighted by Gasteiger charge is 2.25. The van der Waals surface area contributed by atoms with Gasteiger partial charge in [-0.2, -0.15) is 0 Å². The minimum Gasteiger partial charge on any atom is -0.350 e. The van der Waals surface area contributed by atoms with Crippen LogP contribution in [0.4, 0.5) is 0 Å². The summed E-state index contributed by atoms with van der Waals surface area (Å²) in [7, 11) is 0. The molecule has 0 aliphatic heterocycles. The van der Waals surface area contributed by atoms with Crippen molar-refractivity contribution in [2.75, 3.05) is 13.1 Å². The zero-order chi connectivity index (χ0) is 19.6. The lowest BCUT2D eigenvalue weighted by Gasteiger charge is -2.25. The summed E-state index contributed by atoms with van der Waals surface area (Å²) in [5, 5.41) is 7.44. The van der Waals surface area contributed by atoms with Crippen molar-refractivity contribution in [3.8, 4) is 0 Å². The van der Waals surface area contributed by atoms with Crippen molar-refractivity contribution in [3.63, 3.8) is 0 Å². The number of carbonyl (C=O) groups is 2. The second-order valence-electron chi connectivity index (χ2n) is 7.82. The van der Waals surface area contributed by atoms with Crippen LogP contribution in [0.15, 0.2) is 10.6 Å². The Bertz CT molecular complexity index is 818. The molecule has 0 atom stereocenters. The van der Waals surface area contributed by atoms with E-state index in [1.165, 1.54) is 4.90 Å². The third-order valence-electron chi connectivity index (χ3n) is 3.98. The molecule has 26 heavy (non-hydrogen) atoms. The molecule has 2 aromatic rings. The molecule has 2 heterocycles. The first-order valence-electron chi connectivity index (χ1n) is 8.90. The summed E-state index contributed by atoms with van der Waals surface area (Å²) < 4.78 is 5.28. The number of pyridine rings is 1. The molecule has 142 valence electrons. The molecule has 0 radical (unpaired) electrons. The molecule has 0 unspecified atom stereocenters. The van der Waals surface area contributed by atoms with Gasteiger partial charge in [-0.1, -0.05) is 19.0 Å². The Kier molecular flexibility index (Phi) is 5.68. The Morgan fingerprint density at radius 3 is 2.50 bits per heavy atom. The molecule has 2 amide bonds. The first-order chi connectivity index (χ1) is 12.0. The van der Waals surface area contributed by atoms with Crippen LogP contribution in [0, 0.1) is 6.92 Å². The minimum atomic E-state index is -0.348. The zero-order valence-corrected chi connectivity index (χ0v) is 16.6. The van der Waals surface area contributed by atoms with E-state index in [4.69, 9.17) is 4.52 Å². The highest BCUT2D eigenvalue weighted by molar-refractivity contribution is 6.07. The Morgan fingerprint density at radius 2 is 1.96 bits per heavy atom. The third-order valence-corrected chi connectivity index (χ3v) is 3.98. The van der Waals surface area contributed by atoms with Gasteiger partial charge in [0, 0.05) is 17.8 Å². The van der Waals surface area contributed by atoms with Crippen molar-refractivity contribution >= 4 is 22.9 Å². The van der Waals surface area contributed by atoms with Gasteiger partial charge in [-0.05, 0) is 46.6 Å². The summed E-state index contributed by atoms with van der Waals surface area (Å²) in [6, 6.07) is 1.78. The van der Waals surface area contributed by atoms with E-state index in [2.05, 4.69) is 15.5 Å². The van der Waals surface area contributed by atoms with E-state index in [0.717, 1.165) is 5.69 Å². The summed E-state index contributed by atoms with van der Waals surface area (Å²) in [4.78, 5) is 31.4. The topological polar surface area (TPSA) is 88.3 Å². The second kappa shape index (κ2) is 7.43. The highest BCUT2D eigenvalue weighted by Crippen LogP contribution is 2.26. The van der Waals surface area contributed by atoms with E-state index in [9.17, 15) is 9.59 Å². The number of nitrogens with zero attached hydrogens (tertiary/aromatic N) is 3. The number of carbonyl (C=O) groups excluding carboxylic acids is 2. The number of likely N-dealkylation sites (N-methyl/N-ethyl adjacent to an activating group) is 1. The summed E-state index contributed by atoms with van der Waals surface area (Å²) in [6.45, 7) is 13.8. The molecule has 7 nitrogen and oxygen atoms in total. The first-order valence-corrected chi connectivity index (χ1v) is 8.90. The van der Waals surface area contributed by atoms with Crippen molar-refractivity contribution in [3.05, 3.63) is 23.0 Å². The van der Waals surface area contributed by atoms with Gasteiger partial charge in [-0.15, -0.1) is 0 Å². The number of aromatic nitrogens is 2. The van der Waals surface area contributed by atoms with Gasteiger partial charge in [0.25, 0.3) is 11.6 Å². The smallest absolute Gasteiger partial charge is 0.259 e. The van der Waals surface area contributed by atoms with Gasteiger partial charge in [0.1, 0.15) is 0 Å². The molecule has 0 saturated carbocycles. The third kappa shape index (κ3) is 4.39. The normalized spacial score (nSPS) is 11.8. The summed E-state index contributed by atoms with van der Waals surface area (Å²) in [6.07, 6.45) is 0. The monoisotopic (exact) mass is 360 g/mol. The summed E-state index contributed by atoms with van der Waals surface area (Å²) in [5.74, 6) is -0.281. The number of hydrogen-bond acceptors (Lipinski definition) is 5. The Balaban J connectivity index is 2.40. The SMILES string of the molecule is CCN(CC(=O)NC(C)(C)C)C(=O)c1cc(C(C)C)nc2onc(C)c12. The van der Waals surface area contributed by atoms with E-state index >= 15 is 0 Å². The molecule has 2 rings (SSSR count). The summed E-state index contributed by atoms with van der Waals surface area (Å²) in [5.41, 5.74) is 1.85. The maximum atomic E-state index is 13.2. The van der Waals surface area contributed by atoms with Crippen LogP contribution in [0.5, 0.6) is 0 Å². The molecule has 7 heteroatoms. The van der Waals surface area contributed by atoms with Crippen molar-refractivity contribution in [1.82, 2.24) is 20.4 Å². The van der Waals surface area contributed by atoms with Crippen LogP contribution in [-0.4, -0.2) is 45.5 Å². The van der Waals surface area contributed by atoms with E-state index in [1.54, 1.807) is 13.0 Å². The Morgan fingerprint density at radius 1 is 1.31 bits per heavy atom. The van der Waals surface area contributed by atoms with Crippen molar-refractivity contribution in [2.24, 2.45) is 0 Å². The molecule has 0 aliphatic rings. The summed E-state index contributed by atoms with van der Waals surface area (Å²) >= 11 is 0. The first kappa shape index (κ1) is 19.9. The Hall–Kier alpha value is -2.44. The lowest BCUT2D eigenvalue weighted by molar-refractivity contribution is -0.123. The van der Waals surface area contributed by atoms with E-state index in [-0.39, 0.29) is 29.8 Å². The molecule has 2 aromatic heterocycles. The Labute approximate surface area is 154 Å². The van der Waals surface area contributed by atoms with Crippen LogP contribution in [0.1, 0.15) is 69.2 Å². The number of aryl methyl sites for hydroxylation is 1. The molecular formula is C19H28N4O3. The maximum Gasteiger partial charge on any atom is 0.259 e. The van der Waals surface area contributed by atoms with Gasteiger partial charge in [0.15, 0.2) is 0 Å². The average molecular weight is 360 g/mol. The van der Waals surface area contributed by atoms with Crippen molar-refractivity contribution < 1.29 is 14.1 Å². The second-order valence-corrected chi connectivity index (χ2v) is 7.82. The van der Waals surface area contributed by atoms with E-state index in [0.29, 0.717) is 28.9 Å².